The molecule has 1 N–H and O–H groups in total. The first-order valence-corrected chi connectivity index (χ1v) is 9.33. The van der Waals surface area contributed by atoms with Crippen molar-refractivity contribution in [2.24, 2.45) is 5.41 Å². The predicted octanol–water partition coefficient (Wildman–Crippen LogP) is 1.79. The highest BCUT2D eigenvalue weighted by molar-refractivity contribution is 5.97. The lowest BCUT2D eigenvalue weighted by molar-refractivity contribution is -0.172. The fourth-order valence-corrected chi connectivity index (χ4v) is 2.67. The molecule has 0 radical (unpaired) electrons. The number of carbonyl (C=O) groups is 3. The lowest BCUT2D eigenvalue weighted by atomic mass is 9.98. The number of hydrogen-bond donors (Lipinski definition) is 1. The van der Waals surface area contributed by atoms with Crippen LogP contribution in [0.15, 0.2) is 12.1 Å². The van der Waals surface area contributed by atoms with Crippen LogP contribution in [-0.2, 0) is 23.8 Å². The van der Waals surface area contributed by atoms with E-state index in [0.717, 1.165) is 0 Å². The van der Waals surface area contributed by atoms with Gasteiger partial charge in [-0.15, -0.1) is 0 Å². The topological polar surface area (TPSA) is 94.2 Å². The quantitative estimate of drug-likeness (QED) is 0.564. The smallest absolute Gasteiger partial charge is 0.328 e. The van der Waals surface area contributed by atoms with E-state index in [1.807, 2.05) is 4.90 Å². The maximum absolute atomic E-state index is 14.6. The van der Waals surface area contributed by atoms with Gasteiger partial charge in [0.2, 0.25) is 6.79 Å². The number of halogens is 1. The summed E-state index contributed by atoms with van der Waals surface area (Å²) < 4.78 is 29.4. The summed E-state index contributed by atoms with van der Waals surface area (Å²) >= 11 is 0. The molecule has 0 atom stereocenters. The Kier molecular flexibility index (Phi) is 7.55. The van der Waals surface area contributed by atoms with Crippen LogP contribution < -0.4 is 10.2 Å². The van der Waals surface area contributed by atoms with E-state index < -0.39 is 42.4 Å². The second-order valence-electron chi connectivity index (χ2n) is 7.72. The van der Waals surface area contributed by atoms with Crippen LogP contribution in [0.2, 0.25) is 0 Å². The van der Waals surface area contributed by atoms with Crippen LogP contribution in [0.25, 0.3) is 0 Å². The zero-order valence-electron chi connectivity index (χ0n) is 17.2. The van der Waals surface area contributed by atoms with Gasteiger partial charge in [-0.3, -0.25) is 14.4 Å². The van der Waals surface area contributed by atoms with Gasteiger partial charge in [-0.1, -0.05) is 0 Å². The number of amides is 1. The molecular formula is C20H27FN2O6. The molecule has 0 aromatic heterocycles. The van der Waals surface area contributed by atoms with Crippen LogP contribution in [0.1, 0.15) is 36.7 Å². The largest absolute Gasteiger partial charge is 0.427 e. The maximum atomic E-state index is 14.6. The summed E-state index contributed by atoms with van der Waals surface area (Å²) in [4.78, 5) is 37.6. The van der Waals surface area contributed by atoms with E-state index in [0.29, 0.717) is 37.6 Å². The Morgan fingerprint density at radius 1 is 1.17 bits per heavy atom. The molecule has 1 aromatic carbocycles. The Labute approximate surface area is 169 Å². The number of nitrogens with zero attached hydrogens (tertiary/aromatic N) is 1. The molecule has 1 fully saturated rings. The van der Waals surface area contributed by atoms with Gasteiger partial charge < -0.3 is 24.4 Å². The van der Waals surface area contributed by atoms with Gasteiger partial charge >= 0.3 is 11.9 Å². The number of carbonyl (C=O) groups excluding carboxylic acids is 3. The lowest BCUT2D eigenvalue weighted by Crippen LogP contribution is -2.36. The van der Waals surface area contributed by atoms with Gasteiger partial charge in [0.05, 0.1) is 24.2 Å². The van der Waals surface area contributed by atoms with Gasteiger partial charge in [-0.25, -0.2) is 4.39 Å². The van der Waals surface area contributed by atoms with Crippen molar-refractivity contribution >= 4 is 23.5 Å². The molecule has 160 valence electrons. The minimum atomic E-state index is -0.803. The second-order valence-corrected chi connectivity index (χ2v) is 7.72. The van der Waals surface area contributed by atoms with E-state index >= 15 is 0 Å². The monoisotopic (exact) mass is 410 g/mol. The summed E-state index contributed by atoms with van der Waals surface area (Å²) in [6, 6.07) is 3.03. The first-order chi connectivity index (χ1) is 13.6. The van der Waals surface area contributed by atoms with Crippen molar-refractivity contribution in [2.45, 2.75) is 27.7 Å². The van der Waals surface area contributed by atoms with Gasteiger partial charge in [-0.2, -0.15) is 0 Å². The van der Waals surface area contributed by atoms with Crippen molar-refractivity contribution in [2.75, 3.05) is 44.5 Å². The third-order valence-electron chi connectivity index (χ3n) is 4.29. The van der Waals surface area contributed by atoms with Gasteiger partial charge in [0.15, 0.2) is 0 Å². The Bertz CT molecular complexity index is 746. The summed E-state index contributed by atoms with van der Waals surface area (Å²) in [6.45, 7) is 8.03. The molecule has 0 aliphatic carbocycles. The summed E-state index contributed by atoms with van der Waals surface area (Å²) in [5.41, 5.74) is 0.286. The number of ether oxygens (including phenoxy) is 3. The van der Waals surface area contributed by atoms with Crippen molar-refractivity contribution in [1.29, 1.82) is 0 Å². The second kappa shape index (κ2) is 9.69. The minimum Gasteiger partial charge on any atom is -0.427 e. The number of nitrogens with one attached hydrogen (secondary N) is 1. The molecule has 1 aromatic rings. The SMILES string of the molecule is Cc1cc(N2CCOCC2)cc(F)c1C(=O)NCC(=O)OCOC(=O)C(C)(C)C. The Morgan fingerprint density at radius 2 is 1.83 bits per heavy atom. The zero-order chi connectivity index (χ0) is 21.6. The lowest BCUT2D eigenvalue weighted by Gasteiger charge is -2.29. The number of benzene rings is 1. The van der Waals surface area contributed by atoms with Gasteiger partial charge in [0, 0.05) is 18.8 Å². The standard InChI is InChI=1S/C20H27FN2O6/c1-13-9-14(23-5-7-27-8-6-23)10-15(21)17(13)18(25)22-11-16(24)28-12-29-19(26)20(2,3)4/h9-10H,5-8,11-12H2,1-4H3,(H,22,25). The molecule has 1 saturated heterocycles. The Balaban J connectivity index is 1.88. The summed E-state index contributed by atoms with van der Waals surface area (Å²) in [6.07, 6.45) is 0. The molecular weight excluding hydrogens is 383 g/mol. The molecule has 1 aliphatic rings. The normalized spacial score (nSPS) is 14.3. The van der Waals surface area contributed by atoms with E-state index in [4.69, 9.17) is 14.2 Å². The first-order valence-electron chi connectivity index (χ1n) is 9.33. The van der Waals surface area contributed by atoms with Gasteiger partial charge in [0.1, 0.15) is 12.4 Å². The molecule has 0 saturated carbocycles. The third-order valence-corrected chi connectivity index (χ3v) is 4.29. The van der Waals surface area contributed by atoms with Crippen molar-refractivity contribution < 1.29 is 33.0 Å². The number of hydrogen-bond acceptors (Lipinski definition) is 7. The van der Waals surface area contributed by atoms with Gasteiger partial charge in [-0.05, 0) is 45.4 Å². The summed E-state index contributed by atoms with van der Waals surface area (Å²) in [5.74, 6) is -2.72. The number of aryl methyl sites for hydroxylation is 1. The van der Waals surface area contributed by atoms with Crippen LogP contribution in [-0.4, -0.2) is 57.5 Å². The maximum Gasteiger partial charge on any atom is 0.328 e. The molecule has 1 heterocycles. The number of anilines is 1. The molecule has 1 aliphatic heterocycles. The molecule has 8 nitrogen and oxygen atoms in total. The molecule has 0 spiro atoms. The van der Waals surface area contributed by atoms with Crippen LogP contribution >= 0.6 is 0 Å². The average molecular weight is 410 g/mol. The summed E-state index contributed by atoms with van der Waals surface area (Å²) in [7, 11) is 0. The number of rotatable bonds is 6. The first kappa shape index (κ1) is 22.6. The van der Waals surface area contributed by atoms with Crippen LogP contribution in [0.4, 0.5) is 10.1 Å². The molecule has 0 bridgehead atoms. The van der Waals surface area contributed by atoms with E-state index in [-0.39, 0.29) is 5.56 Å². The summed E-state index contributed by atoms with van der Waals surface area (Å²) in [5, 5.41) is 2.32. The van der Waals surface area contributed by atoms with E-state index in [1.54, 1.807) is 33.8 Å². The number of esters is 2. The van der Waals surface area contributed by atoms with Crippen molar-refractivity contribution in [1.82, 2.24) is 5.32 Å². The molecule has 2 rings (SSSR count). The molecule has 9 heteroatoms. The Hall–Kier alpha value is -2.68. The Morgan fingerprint density at radius 3 is 2.41 bits per heavy atom. The molecule has 0 unspecified atom stereocenters. The number of morpholine rings is 1. The third kappa shape index (κ3) is 6.42. The van der Waals surface area contributed by atoms with Crippen molar-refractivity contribution in [3.63, 3.8) is 0 Å². The van der Waals surface area contributed by atoms with Crippen molar-refractivity contribution in [3.8, 4) is 0 Å². The highest BCUT2D eigenvalue weighted by Crippen LogP contribution is 2.23. The minimum absolute atomic E-state index is 0.131. The van der Waals surface area contributed by atoms with E-state index in [9.17, 15) is 18.8 Å². The highest BCUT2D eigenvalue weighted by Gasteiger charge is 2.24. The molecule has 29 heavy (non-hydrogen) atoms. The highest BCUT2D eigenvalue weighted by atomic mass is 19.1. The van der Waals surface area contributed by atoms with Crippen molar-refractivity contribution in [3.05, 3.63) is 29.1 Å². The molecule has 1 amide bonds. The van der Waals surface area contributed by atoms with E-state index in [1.165, 1.54) is 6.07 Å². The van der Waals surface area contributed by atoms with Crippen LogP contribution in [0.5, 0.6) is 0 Å². The van der Waals surface area contributed by atoms with E-state index in [2.05, 4.69) is 5.32 Å². The zero-order valence-corrected chi connectivity index (χ0v) is 17.2. The fraction of sp³-hybridized carbons (Fsp3) is 0.550. The fourth-order valence-electron chi connectivity index (χ4n) is 2.67. The van der Waals surface area contributed by atoms with Crippen LogP contribution in [0, 0.1) is 18.2 Å². The van der Waals surface area contributed by atoms with Crippen LogP contribution in [0.3, 0.4) is 0 Å². The predicted molar refractivity (Wildman–Crippen MR) is 103 cm³/mol. The average Bonchev–Trinajstić information content (AvgIpc) is 2.65. The van der Waals surface area contributed by atoms with Gasteiger partial charge in [0.25, 0.3) is 5.91 Å².